The second kappa shape index (κ2) is 5.70. The van der Waals surface area contributed by atoms with Gasteiger partial charge < -0.3 is 5.32 Å². The van der Waals surface area contributed by atoms with E-state index in [1.165, 1.54) is 14.7 Å². The molecule has 0 amide bonds. The Kier molecular flexibility index (Phi) is 3.69. The van der Waals surface area contributed by atoms with E-state index in [9.17, 15) is 0 Å². The quantitative estimate of drug-likeness (QED) is 0.547. The highest BCUT2D eigenvalue weighted by atomic mass is 127. The van der Waals surface area contributed by atoms with Gasteiger partial charge in [-0.25, -0.2) is 4.68 Å². The van der Waals surface area contributed by atoms with E-state index in [0.717, 1.165) is 34.6 Å². The molecule has 0 unspecified atom stereocenters. The van der Waals surface area contributed by atoms with Gasteiger partial charge in [0.05, 0.1) is 11.4 Å². The Morgan fingerprint density at radius 3 is 2.82 bits per heavy atom. The van der Waals surface area contributed by atoms with Crippen LogP contribution in [0.4, 0.5) is 5.82 Å². The third-order valence-corrected chi connectivity index (χ3v) is 5.27. The molecular weight excluding hydrogens is 453 g/mol. The van der Waals surface area contributed by atoms with E-state index in [4.69, 9.17) is 5.10 Å². The van der Waals surface area contributed by atoms with Gasteiger partial charge in [-0.15, -0.1) is 0 Å². The van der Waals surface area contributed by atoms with Gasteiger partial charge in [-0.2, -0.15) is 5.10 Å². The fourth-order valence-corrected chi connectivity index (χ4v) is 3.87. The molecule has 0 radical (unpaired) electrons. The first-order chi connectivity index (χ1) is 10.7. The van der Waals surface area contributed by atoms with Gasteiger partial charge in [0, 0.05) is 25.7 Å². The SMILES string of the molecule is Brc1cccc(-n2nc(-c3ccccc3I)c3c2NCC3)c1. The van der Waals surface area contributed by atoms with Gasteiger partial charge in [0.1, 0.15) is 5.82 Å². The predicted molar refractivity (Wildman–Crippen MR) is 102 cm³/mol. The van der Waals surface area contributed by atoms with E-state index in [1.54, 1.807) is 0 Å². The predicted octanol–water partition coefficient (Wildman–Crippen LogP) is 4.87. The Morgan fingerprint density at radius 1 is 1.14 bits per heavy atom. The topological polar surface area (TPSA) is 29.9 Å². The number of hydrogen-bond donors (Lipinski definition) is 1. The minimum absolute atomic E-state index is 0.970. The number of nitrogens with one attached hydrogen (secondary N) is 1. The van der Waals surface area contributed by atoms with E-state index in [2.05, 4.69) is 80.2 Å². The maximum Gasteiger partial charge on any atom is 0.133 e. The van der Waals surface area contributed by atoms with Crippen molar-refractivity contribution in [1.82, 2.24) is 9.78 Å². The molecule has 0 aliphatic carbocycles. The molecule has 0 bridgehead atoms. The molecule has 1 aliphatic rings. The van der Waals surface area contributed by atoms with Crippen molar-refractivity contribution in [2.75, 3.05) is 11.9 Å². The molecule has 3 nitrogen and oxygen atoms in total. The second-order valence-electron chi connectivity index (χ2n) is 5.22. The minimum Gasteiger partial charge on any atom is -0.369 e. The lowest BCUT2D eigenvalue weighted by atomic mass is 10.1. The zero-order valence-electron chi connectivity index (χ0n) is 11.7. The van der Waals surface area contributed by atoms with E-state index < -0.39 is 0 Å². The Morgan fingerprint density at radius 2 is 2.00 bits per heavy atom. The van der Waals surface area contributed by atoms with Gasteiger partial charge in [-0.3, -0.25) is 0 Å². The van der Waals surface area contributed by atoms with Gasteiger partial charge in [0.2, 0.25) is 0 Å². The Balaban J connectivity index is 1.93. The van der Waals surface area contributed by atoms with Crippen LogP contribution in [0.3, 0.4) is 0 Å². The molecule has 2 aromatic carbocycles. The maximum absolute atomic E-state index is 4.90. The van der Waals surface area contributed by atoms with Crippen molar-refractivity contribution in [3.05, 3.63) is 62.1 Å². The zero-order valence-corrected chi connectivity index (χ0v) is 15.4. The summed E-state index contributed by atoms with van der Waals surface area (Å²) in [5.74, 6) is 1.12. The highest BCUT2D eigenvalue weighted by molar-refractivity contribution is 14.1. The summed E-state index contributed by atoms with van der Waals surface area (Å²) in [7, 11) is 0. The van der Waals surface area contributed by atoms with Crippen LogP contribution in [0.15, 0.2) is 53.0 Å². The van der Waals surface area contributed by atoms with Gasteiger partial charge in [-0.05, 0) is 53.3 Å². The van der Waals surface area contributed by atoms with Crippen molar-refractivity contribution >= 4 is 44.3 Å². The number of benzene rings is 2. The lowest BCUT2D eigenvalue weighted by Crippen LogP contribution is -2.04. The summed E-state index contributed by atoms with van der Waals surface area (Å²) in [5, 5.41) is 8.38. The monoisotopic (exact) mass is 465 g/mol. The van der Waals surface area contributed by atoms with Crippen LogP contribution in [0.2, 0.25) is 0 Å². The van der Waals surface area contributed by atoms with E-state index >= 15 is 0 Å². The van der Waals surface area contributed by atoms with Gasteiger partial charge in [-0.1, -0.05) is 40.2 Å². The van der Waals surface area contributed by atoms with Crippen LogP contribution in [0.25, 0.3) is 16.9 Å². The summed E-state index contributed by atoms with van der Waals surface area (Å²) in [6.07, 6.45) is 1.02. The summed E-state index contributed by atoms with van der Waals surface area (Å²) >= 11 is 5.92. The largest absolute Gasteiger partial charge is 0.369 e. The van der Waals surface area contributed by atoms with Crippen LogP contribution in [0.1, 0.15) is 5.56 Å². The van der Waals surface area contributed by atoms with Crippen LogP contribution in [-0.2, 0) is 6.42 Å². The van der Waals surface area contributed by atoms with Crippen molar-refractivity contribution in [2.45, 2.75) is 6.42 Å². The lowest BCUT2D eigenvalue weighted by molar-refractivity contribution is 0.881. The molecule has 110 valence electrons. The van der Waals surface area contributed by atoms with E-state index in [-0.39, 0.29) is 0 Å². The lowest BCUT2D eigenvalue weighted by Gasteiger charge is -2.07. The molecular formula is C17H13BrIN3. The van der Waals surface area contributed by atoms with Crippen molar-refractivity contribution in [3.63, 3.8) is 0 Å². The van der Waals surface area contributed by atoms with Crippen LogP contribution < -0.4 is 5.32 Å². The molecule has 0 saturated carbocycles. The van der Waals surface area contributed by atoms with Crippen molar-refractivity contribution in [3.8, 4) is 16.9 Å². The highest BCUT2D eigenvalue weighted by Crippen LogP contribution is 2.36. The fraction of sp³-hybridized carbons (Fsp3) is 0.118. The number of rotatable bonds is 2. The Labute approximate surface area is 151 Å². The van der Waals surface area contributed by atoms with E-state index in [1.807, 2.05) is 16.8 Å². The summed E-state index contributed by atoms with van der Waals surface area (Å²) in [6, 6.07) is 16.6. The average Bonchev–Trinajstić information content (AvgIpc) is 3.10. The first-order valence-corrected chi connectivity index (χ1v) is 8.98. The van der Waals surface area contributed by atoms with Crippen LogP contribution in [0.5, 0.6) is 0 Å². The molecule has 0 spiro atoms. The van der Waals surface area contributed by atoms with Crippen LogP contribution in [0, 0.1) is 3.57 Å². The van der Waals surface area contributed by atoms with Crippen molar-refractivity contribution < 1.29 is 0 Å². The van der Waals surface area contributed by atoms with Crippen LogP contribution in [-0.4, -0.2) is 16.3 Å². The normalized spacial score (nSPS) is 13.0. The number of hydrogen-bond acceptors (Lipinski definition) is 2. The molecule has 0 saturated heterocycles. The van der Waals surface area contributed by atoms with Crippen molar-refractivity contribution in [1.29, 1.82) is 0 Å². The number of anilines is 1. The van der Waals surface area contributed by atoms with Gasteiger partial charge >= 0.3 is 0 Å². The molecule has 22 heavy (non-hydrogen) atoms. The smallest absolute Gasteiger partial charge is 0.133 e. The molecule has 3 aromatic rings. The molecule has 2 heterocycles. The van der Waals surface area contributed by atoms with E-state index in [0.29, 0.717) is 0 Å². The second-order valence-corrected chi connectivity index (χ2v) is 7.30. The summed E-state index contributed by atoms with van der Waals surface area (Å²) in [5.41, 5.74) is 4.67. The van der Waals surface area contributed by atoms with Crippen molar-refractivity contribution in [2.24, 2.45) is 0 Å². The molecule has 0 atom stereocenters. The first-order valence-electron chi connectivity index (χ1n) is 7.10. The van der Waals surface area contributed by atoms with Crippen LogP contribution >= 0.6 is 38.5 Å². The third kappa shape index (κ3) is 2.36. The Hall–Kier alpha value is -1.34. The molecule has 1 aliphatic heterocycles. The molecule has 4 rings (SSSR count). The summed E-state index contributed by atoms with van der Waals surface area (Å²) in [6.45, 7) is 0.970. The average molecular weight is 466 g/mol. The number of aromatic nitrogens is 2. The summed E-state index contributed by atoms with van der Waals surface area (Å²) < 4.78 is 4.31. The zero-order chi connectivity index (χ0) is 15.1. The third-order valence-electron chi connectivity index (χ3n) is 3.83. The molecule has 1 N–H and O–H groups in total. The fourth-order valence-electron chi connectivity index (χ4n) is 2.84. The molecule has 5 heteroatoms. The maximum atomic E-state index is 4.90. The number of halogens is 2. The Bertz CT molecular complexity index is 857. The highest BCUT2D eigenvalue weighted by Gasteiger charge is 2.24. The van der Waals surface area contributed by atoms with Gasteiger partial charge in [0.25, 0.3) is 0 Å². The first kappa shape index (κ1) is 14.3. The minimum atomic E-state index is 0.970. The molecule has 1 aromatic heterocycles. The standard InChI is InChI=1S/C17H13BrIN3/c18-11-4-3-5-12(10-11)22-17-14(8-9-20-17)16(21-22)13-6-1-2-7-15(13)19/h1-7,10,20H,8-9H2. The summed E-state index contributed by atoms with van der Waals surface area (Å²) in [4.78, 5) is 0. The molecule has 0 fully saturated rings. The number of fused-ring (bicyclic) bond motifs is 1. The number of nitrogens with zero attached hydrogens (tertiary/aromatic N) is 2. The van der Waals surface area contributed by atoms with Gasteiger partial charge in [0.15, 0.2) is 0 Å².